The molecular formula is C15H18F2N2O3S. The highest BCUT2D eigenvalue weighted by molar-refractivity contribution is 7.98. The monoisotopic (exact) mass is 344 g/mol. The molecule has 1 aromatic rings. The largest absolute Gasteiger partial charge is 0.481 e. The molecule has 126 valence electrons. The van der Waals surface area contributed by atoms with Gasteiger partial charge >= 0.3 is 12.0 Å². The molecule has 5 nitrogen and oxygen atoms in total. The maximum Gasteiger partial charge on any atom is 0.321 e. The van der Waals surface area contributed by atoms with E-state index in [1.54, 1.807) is 6.26 Å². The number of thioether (sulfide) groups is 1. The third-order valence-electron chi connectivity index (χ3n) is 3.75. The van der Waals surface area contributed by atoms with Gasteiger partial charge in [-0.1, -0.05) is 6.92 Å². The maximum absolute atomic E-state index is 13.7. The predicted octanol–water partition coefficient (Wildman–Crippen LogP) is 3.26. The molecule has 0 saturated carbocycles. The molecule has 1 saturated heterocycles. The number of carboxylic acids is 1. The predicted molar refractivity (Wildman–Crippen MR) is 83.6 cm³/mol. The Labute approximate surface area is 137 Å². The maximum atomic E-state index is 13.7. The van der Waals surface area contributed by atoms with Gasteiger partial charge in [0.25, 0.3) is 0 Å². The van der Waals surface area contributed by atoms with Gasteiger partial charge in [-0.05, 0) is 30.7 Å². The van der Waals surface area contributed by atoms with Crippen LogP contribution in [-0.2, 0) is 4.79 Å². The second-order valence-corrected chi connectivity index (χ2v) is 6.50. The number of aliphatic carboxylic acids is 1. The number of carbonyl (C=O) groups is 2. The van der Waals surface area contributed by atoms with Crippen molar-refractivity contribution in [2.45, 2.75) is 18.2 Å². The van der Waals surface area contributed by atoms with E-state index in [0.717, 1.165) is 23.9 Å². The number of piperidine rings is 1. The van der Waals surface area contributed by atoms with Crippen molar-refractivity contribution in [2.24, 2.45) is 11.8 Å². The van der Waals surface area contributed by atoms with Crippen LogP contribution in [0.1, 0.15) is 13.3 Å². The van der Waals surface area contributed by atoms with Gasteiger partial charge in [-0.2, -0.15) is 0 Å². The van der Waals surface area contributed by atoms with Crippen molar-refractivity contribution in [2.75, 3.05) is 24.7 Å². The van der Waals surface area contributed by atoms with Crippen LogP contribution < -0.4 is 5.32 Å². The van der Waals surface area contributed by atoms with Gasteiger partial charge in [0.05, 0.1) is 10.8 Å². The Kier molecular flexibility index (Phi) is 5.46. The van der Waals surface area contributed by atoms with E-state index in [0.29, 0.717) is 13.0 Å². The SMILES string of the molecule is CSc1c(F)cc(NC(=O)N2CC(C)CC(C(=O)O)C2)cc1F. The highest BCUT2D eigenvalue weighted by atomic mass is 32.2. The summed E-state index contributed by atoms with van der Waals surface area (Å²) in [4.78, 5) is 24.6. The first-order valence-electron chi connectivity index (χ1n) is 7.13. The Morgan fingerprint density at radius 1 is 1.30 bits per heavy atom. The number of anilines is 1. The summed E-state index contributed by atoms with van der Waals surface area (Å²) in [6.45, 7) is 2.35. The minimum atomic E-state index is -0.948. The molecule has 1 aromatic carbocycles. The standard InChI is InChI=1S/C15H18F2N2O3S/c1-8-3-9(14(20)21)7-19(6-8)15(22)18-10-4-11(16)13(23-2)12(17)5-10/h4-5,8-9H,3,6-7H2,1-2H3,(H,18,22)(H,20,21). The molecule has 2 amide bonds. The van der Waals surface area contributed by atoms with Crippen molar-refractivity contribution < 1.29 is 23.5 Å². The molecule has 8 heteroatoms. The number of rotatable bonds is 3. The van der Waals surface area contributed by atoms with Gasteiger partial charge in [0.1, 0.15) is 11.6 Å². The highest BCUT2D eigenvalue weighted by Gasteiger charge is 2.32. The van der Waals surface area contributed by atoms with Crippen LogP contribution in [0.2, 0.25) is 0 Å². The number of carbonyl (C=O) groups excluding carboxylic acids is 1. The van der Waals surface area contributed by atoms with Crippen molar-refractivity contribution >= 4 is 29.4 Å². The molecule has 0 bridgehead atoms. The molecule has 0 aromatic heterocycles. The number of nitrogens with one attached hydrogen (secondary N) is 1. The van der Waals surface area contributed by atoms with E-state index in [-0.39, 0.29) is 23.0 Å². The van der Waals surface area contributed by atoms with Crippen LogP contribution in [0.25, 0.3) is 0 Å². The van der Waals surface area contributed by atoms with Crippen molar-refractivity contribution in [1.82, 2.24) is 4.90 Å². The van der Waals surface area contributed by atoms with Gasteiger partial charge in [-0.3, -0.25) is 4.79 Å². The third kappa shape index (κ3) is 4.13. The van der Waals surface area contributed by atoms with Crippen molar-refractivity contribution in [3.05, 3.63) is 23.8 Å². The van der Waals surface area contributed by atoms with E-state index in [4.69, 9.17) is 5.11 Å². The first-order chi connectivity index (χ1) is 10.8. The number of hydrogen-bond acceptors (Lipinski definition) is 3. The fourth-order valence-electron chi connectivity index (χ4n) is 2.73. The van der Waals surface area contributed by atoms with Crippen LogP contribution in [0.4, 0.5) is 19.3 Å². The summed E-state index contributed by atoms with van der Waals surface area (Å²) >= 11 is 0.943. The summed E-state index contributed by atoms with van der Waals surface area (Å²) in [5, 5.41) is 11.5. The second-order valence-electron chi connectivity index (χ2n) is 5.68. The number of hydrogen-bond donors (Lipinski definition) is 2. The highest BCUT2D eigenvalue weighted by Crippen LogP contribution is 2.27. The zero-order chi connectivity index (χ0) is 17.1. The Hall–Kier alpha value is -1.83. The molecule has 0 aliphatic carbocycles. The Morgan fingerprint density at radius 2 is 1.91 bits per heavy atom. The van der Waals surface area contributed by atoms with Crippen LogP contribution >= 0.6 is 11.8 Å². The van der Waals surface area contributed by atoms with Gasteiger partial charge < -0.3 is 15.3 Å². The molecule has 2 N–H and O–H groups in total. The minimum Gasteiger partial charge on any atom is -0.481 e. The van der Waals surface area contributed by atoms with E-state index in [1.807, 2.05) is 6.92 Å². The molecule has 2 rings (SSSR count). The summed E-state index contributed by atoms with van der Waals surface area (Å²) in [7, 11) is 0. The lowest BCUT2D eigenvalue weighted by Crippen LogP contribution is -2.47. The van der Waals surface area contributed by atoms with Gasteiger partial charge in [0.2, 0.25) is 0 Å². The number of carboxylic acid groups (broad SMARTS) is 1. The number of urea groups is 1. The van der Waals surface area contributed by atoms with Gasteiger partial charge in [0.15, 0.2) is 0 Å². The third-order valence-corrected chi connectivity index (χ3v) is 4.55. The molecular weight excluding hydrogens is 326 g/mol. The summed E-state index contributed by atoms with van der Waals surface area (Å²) in [5.41, 5.74) is 0.00732. The molecule has 0 radical (unpaired) electrons. The summed E-state index contributed by atoms with van der Waals surface area (Å²) in [5.74, 6) is -3.03. The number of amides is 2. The van der Waals surface area contributed by atoms with E-state index < -0.39 is 29.6 Å². The fraction of sp³-hybridized carbons (Fsp3) is 0.467. The summed E-state index contributed by atoms with van der Waals surface area (Å²) in [6, 6.07) is 1.54. The zero-order valence-corrected chi connectivity index (χ0v) is 13.6. The smallest absolute Gasteiger partial charge is 0.321 e. The molecule has 1 fully saturated rings. The quantitative estimate of drug-likeness (QED) is 0.826. The molecule has 1 aliphatic heterocycles. The summed E-state index contributed by atoms with van der Waals surface area (Å²) < 4.78 is 27.5. The molecule has 1 heterocycles. The van der Waals surface area contributed by atoms with E-state index in [2.05, 4.69) is 5.32 Å². The molecule has 2 unspecified atom stereocenters. The van der Waals surface area contributed by atoms with Crippen LogP contribution in [0.3, 0.4) is 0 Å². The Balaban J connectivity index is 2.11. The second kappa shape index (κ2) is 7.16. The molecule has 2 atom stereocenters. The van der Waals surface area contributed by atoms with Gasteiger partial charge in [-0.25, -0.2) is 13.6 Å². The average molecular weight is 344 g/mol. The summed E-state index contributed by atoms with van der Waals surface area (Å²) in [6.07, 6.45) is 2.06. The van der Waals surface area contributed by atoms with Gasteiger partial charge in [0, 0.05) is 18.8 Å². The lowest BCUT2D eigenvalue weighted by atomic mass is 9.91. The van der Waals surface area contributed by atoms with Gasteiger partial charge in [-0.15, -0.1) is 11.8 Å². The van der Waals surface area contributed by atoms with E-state index >= 15 is 0 Å². The van der Waals surface area contributed by atoms with Crippen molar-refractivity contribution in [3.8, 4) is 0 Å². The lowest BCUT2D eigenvalue weighted by Gasteiger charge is -2.34. The molecule has 1 aliphatic rings. The van der Waals surface area contributed by atoms with Crippen LogP contribution in [0.5, 0.6) is 0 Å². The van der Waals surface area contributed by atoms with Crippen LogP contribution in [0.15, 0.2) is 17.0 Å². The van der Waals surface area contributed by atoms with Crippen molar-refractivity contribution in [1.29, 1.82) is 0 Å². The lowest BCUT2D eigenvalue weighted by molar-refractivity contribution is -0.143. The fourth-order valence-corrected chi connectivity index (χ4v) is 3.23. The number of likely N-dealkylation sites (tertiary alicyclic amines) is 1. The Morgan fingerprint density at radius 3 is 2.43 bits per heavy atom. The van der Waals surface area contributed by atoms with Crippen LogP contribution in [0, 0.1) is 23.5 Å². The van der Waals surface area contributed by atoms with E-state index in [1.165, 1.54) is 4.90 Å². The average Bonchev–Trinajstić information content (AvgIpc) is 2.46. The molecule has 0 spiro atoms. The van der Waals surface area contributed by atoms with Crippen molar-refractivity contribution in [3.63, 3.8) is 0 Å². The first-order valence-corrected chi connectivity index (χ1v) is 8.36. The van der Waals surface area contributed by atoms with Crippen LogP contribution in [-0.4, -0.2) is 41.4 Å². The van der Waals surface area contributed by atoms with E-state index in [9.17, 15) is 18.4 Å². The number of nitrogens with zero attached hydrogens (tertiary/aromatic N) is 1. The normalized spacial score (nSPS) is 21.1. The molecule has 23 heavy (non-hydrogen) atoms. The number of benzene rings is 1. The zero-order valence-electron chi connectivity index (χ0n) is 12.8. The first kappa shape index (κ1) is 17.5. The number of halogens is 2. The topological polar surface area (TPSA) is 69.6 Å². The minimum absolute atomic E-state index is 0.00732. The Bertz CT molecular complexity index is 604.